The number of nitrogens with zero attached hydrogens (tertiary/aromatic N) is 2. The highest BCUT2D eigenvalue weighted by atomic mass is 127. The van der Waals surface area contributed by atoms with Crippen LogP contribution in [0.5, 0.6) is 17.2 Å². The fraction of sp³-hybridized carbons (Fsp3) is 0.426. The van der Waals surface area contributed by atoms with E-state index in [2.05, 4.69) is 67.9 Å². The number of allylic oxidation sites excluding steroid dienone is 2. The summed E-state index contributed by atoms with van der Waals surface area (Å²) in [6.45, 7) is 12.9. The molecule has 376 valence electrons. The van der Waals surface area contributed by atoms with Crippen LogP contribution in [-0.2, 0) is 23.8 Å². The van der Waals surface area contributed by atoms with Gasteiger partial charge in [-0.3, -0.25) is 24.4 Å². The fourth-order valence-corrected chi connectivity index (χ4v) is 12.1. The number of carbonyl (C=O) groups is 3. The standard InChI is InChI=1S/C54H60I2N4O11/c1-25-15-14-16-26(2)52(67)58-44-43-42(59-54(60-43)23-36(32-17-10-12-19-34(32)55)57-37(24-54)33-18-11-13-20-35(33)56)39-40(48(44)65)47(64)30(6)50-41(39)51(66)53(8,71-50)69-22-21-38(68-9)27(3)49(70-31(7)61)29(5)46(63)28(4)45(25)62/h10-22,25,27-29,36-38,45-46,49,57,62-65H,23-24H2,1-9H3,(H,58,67)/b15-14+,22-21+,26-16-/t25-,27+,28+,29+,36-,37+,38-,45-,46+,49+,53-,54?/m0/s1. The predicted molar refractivity (Wildman–Crippen MR) is 283 cm³/mol. The van der Waals surface area contributed by atoms with Crippen molar-refractivity contribution >= 4 is 79.3 Å². The van der Waals surface area contributed by atoms with Gasteiger partial charge in [-0.15, -0.1) is 0 Å². The Morgan fingerprint density at radius 1 is 0.831 bits per heavy atom. The number of rotatable bonds is 4. The number of Topliss-reactive ketones (excluding diaryl/α,β-unsaturated/α-hetero) is 1. The number of halogens is 2. The van der Waals surface area contributed by atoms with E-state index in [1.807, 2.05) is 36.4 Å². The topological polar surface area (TPSA) is 218 Å². The number of methoxy groups -OCH3 is 1. The van der Waals surface area contributed by atoms with Crippen molar-refractivity contribution in [3.8, 4) is 17.2 Å². The van der Waals surface area contributed by atoms with E-state index in [1.54, 1.807) is 65.8 Å². The van der Waals surface area contributed by atoms with Gasteiger partial charge in [0.05, 0.1) is 40.9 Å². The lowest BCUT2D eigenvalue weighted by Gasteiger charge is -2.40. The molecule has 0 aromatic heterocycles. The number of carbonyl (C=O) groups excluding carboxylic acids is 3. The van der Waals surface area contributed by atoms with Crippen molar-refractivity contribution in [3.05, 3.63) is 125 Å². The van der Waals surface area contributed by atoms with Gasteiger partial charge in [0.2, 0.25) is 0 Å². The molecule has 0 radical (unpaired) electrons. The number of phenolic OH excluding ortho intramolecular Hbond substituents is 2. The molecule has 12 atom stereocenters. The second-order valence-electron chi connectivity index (χ2n) is 19.5. The normalized spacial score (nSPS) is 32.7. The molecule has 4 aromatic carbocycles. The van der Waals surface area contributed by atoms with Crippen LogP contribution >= 0.6 is 45.2 Å². The number of benzene rings is 4. The number of esters is 1. The number of aliphatic hydroxyl groups excluding tert-OH is 2. The number of ketones is 1. The van der Waals surface area contributed by atoms with E-state index < -0.39 is 88.7 Å². The summed E-state index contributed by atoms with van der Waals surface area (Å²) < 4.78 is 26.4. The number of aromatic hydroxyl groups is 2. The molecule has 15 nitrogen and oxygen atoms in total. The van der Waals surface area contributed by atoms with Gasteiger partial charge in [0.1, 0.15) is 28.6 Å². The van der Waals surface area contributed by atoms with Crippen molar-refractivity contribution in [2.45, 2.75) is 116 Å². The Bertz CT molecular complexity index is 2980. The van der Waals surface area contributed by atoms with Gasteiger partial charge in [0, 0.05) is 93.2 Å². The van der Waals surface area contributed by atoms with Crippen molar-refractivity contribution < 1.29 is 53.8 Å². The number of nitrogens with one attached hydrogen (secondary N) is 2. The summed E-state index contributed by atoms with van der Waals surface area (Å²) in [5, 5.41) is 54.9. The van der Waals surface area contributed by atoms with Crippen molar-refractivity contribution in [2.75, 3.05) is 12.4 Å². The lowest BCUT2D eigenvalue weighted by atomic mass is 9.78. The Labute approximate surface area is 439 Å². The highest BCUT2D eigenvalue weighted by Crippen LogP contribution is 2.51. The molecule has 6 N–H and O–H groups in total. The first kappa shape index (κ1) is 52.4. The lowest BCUT2D eigenvalue weighted by Crippen LogP contribution is -2.46. The first-order valence-corrected chi connectivity index (χ1v) is 25.9. The van der Waals surface area contributed by atoms with Gasteiger partial charge < -0.3 is 50.0 Å². The van der Waals surface area contributed by atoms with Gasteiger partial charge in [-0.1, -0.05) is 82.3 Å². The number of phenols is 2. The first-order valence-electron chi connectivity index (χ1n) is 23.7. The maximum atomic E-state index is 15.1. The van der Waals surface area contributed by atoms with Crippen molar-refractivity contribution in [1.29, 1.82) is 0 Å². The fourth-order valence-electron chi connectivity index (χ4n) is 10.6. The Hall–Kier alpha value is -4.93. The molecule has 4 bridgehead atoms. The van der Waals surface area contributed by atoms with Crippen LogP contribution in [0.3, 0.4) is 0 Å². The molecule has 0 saturated carbocycles. The monoisotopic (exact) mass is 1190 g/mol. The Kier molecular flexibility index (Phi) is 15.1. The maximum absolute atomic E-state index is 15.1. The van der Waals surface area contributed by atoms with Crippen LogP contribution in [0.1, 0.15) is 100 Å². The van der Waals surface area contributed by atoms with Gasteiger partial charge in [-0.05, 0) is 88.4 Å². The van der Waals surface area contributed by atoms with Gasteiger partial charge >= 0.3 is 11.8 Å². The molecule has 1 amide bonds. The highest BCUT2D eigenvalue weighted by molar-refractivity contribution is 14.1. The van der Waals surface area contributed by atoms with Crippen LogP contribution in [0.25, 0.3) is 10.8 Å². The predicted octanol–water partition coefficient (Wildman–Crippen LogP) is 8.07. The molecule has 4 aromatic rings. The average Bonchev–Trinajstić information content (AvgIpc) is 3.83. The number of piperidine rings is 1. The zero-order valence-corrected chi connectivity index (χ0v) is 45.3. The Morgan fingerprint density at radius 3 is 2.03 bits per heavy atom. The summed E-state index contributed by atoms with van der Waals surface area (Å²) in [6.07, 6.45) is 4.57. The first-order chi connectivity index (χ1) is 33.6. The van der Waals surface area contributed by atoms with Crippen LogP contribution < -0.4 is 26.1 Å². The number of fused-ring (bicyclic) bond motifs is 1. The third kappa shape index (κ3) is 9.73. The summed E-state index contributed by atoms with van der Waals surface area (Å²) in [5.74, 6) is -7.23. The molecule has 1 saturated heterocycles. The lowest BCUT2D eigenvalue weighted by molar-refractivity contribution is -0.160. The van der Waals surface area contributed by atoms with E-state index in [-0.39, 0.29) is 61.7 Å². The molecule has 71 heavy (non-hydrogen) atoms. The van der Waals surface area contributed by atoms with E-state index in [9.17, 15) is 30.0 Å². The number of ether oxygens (including phenoxy) is 4. The minimum absolute atomic E-state index is 0.000585. The molecular formula is C54H60I2N4O11. The Balaban J connectivity index is 1.35. The van der Waals surface area contributed by atoms with E-state index in [0.717, 1.165) is 18.3 Å². The van der Waals surface area contributed by atoms with Gasteiger partial charge in [0.15, 0.2) is 11.4 Å². The largest absolute Gasteiger partial charge is 0.507 e. The maximum Gasteiger partial charge on any atom is 0.312 e. The minimum Gasteiger partial charge on any atom is -0.507 e. The molecule has 1 unspecified atom stereocenters. The molecule has 4 aliphatic rings. The van der Waals surface area contributed by atoms with Gasteiger partial charge in [0.25, 0.3) is 11.7 Å². The van der Waals surface area contributed by atoms with Crippen molar-refractivity contribution in [3.63, 3.8) is 0 Å². The van der Waals surface area contributed by atoms with Crippen molar-refractivity contribution in [2.24, 2.45) is 33.7 Å². The summed E-state index contributed by atoms with van der Waals surface area (Å²) in [6, 6.07) is 15.6. The zero-order valence-electron chi connectivity index (χ0n) is 41.0. The van der Waals surface area contributed by atoms with E-state index in [0.29, 0.717) is 12.8 Å². The van der Waals surface area contributed by atoms with Crippen LogP contribution in [0.15, 0.2) is 94.7 Å². The minimum atomic E-state index is -2.02. The number of amides is 1. The molecule has 4 heterocycles. The van der Waals surface area contributed by atoms with Crippen LogP contribution in [0.4, 0.5) is 5.69 Å². The Morgan fingerprint density at radius 2 is 1.44 bits per heavy atom. The third-order valence-corrected chi connectivity index (χ3v) is 16.6. The van der Waals surface area contributed by atoms with Crippen LogP contribution in [0, 0.1) is 37.7 Å². The van der Waals surface area contributed by atoms with Crippen LogP contribution in [0.2, 0.25) is 0 Å². The summed E-state index contributed by atoms with van der Waals surface area (Å²) in [7, 11) is 1.47. The summed E-state index contributed by atoms with van der Waals surface area (Å²) >= 11 is 4.65. The second-order valence-corrected chi connectivity index (χ2v) is 21.8. The number of hydrogen-bond donors (Lipinski definition) is 6. The van der Waals surface area contributed by atoms with E-state index >= 15 is 4.79 Å². The molecule has 1 fully saturated rings. The van der Waals surface area contributed by atoms with E-state index in [1.165, 1.54) is 27.2 Å². The average molecular weight is 1190 g/mol. The molecule has 17 heteroatoms. The summed E-state index contributed by atoms with van der Waals surface area (Å²) in [4.78, 5) is 52.8. The van der Waals surface area contributed by atoms with Crippen molar-refractivity contribution in [1.82, 2.24) is 5.32 Å². The molecule has 8 rings (SSSR count). The van der Waals surface area contributed by atoms with Gasteiger partial charge in [-0.2, -0.15) is 0 Å². The highest BCUT2D eigenvalue weighted by Gasteiger charge is 2.51. The molecular weight excluding hydrogens is 1130 g/mol. The summed E-state index contributed by atoms with van der Waals surface area (Å²) in [5.41, 5.74) is 1.11. The number of aliphatic hydroxyl groups is 2. The molecule has 1 spiro atoms. The number of hydrogen-bond acceptors (Lipinski definition) is 14. The quantitative estimate of drug-likeness (QED) is 0.0650. The zero-order chi connectivity index (χ0) is 51.4. The third-order valence-electron chi connectivity index (χ3n) is 14.6. The second kappa shape index (κ2) is 20.5. The SMILES string of the molecule is CO[C@H]1/C=C/O[C@@]2(C)Oc3c(C)c(O)c4c(O)c(c5c(c4c3C2=O)=NC2(C[C@@H](c3ccccc3I)N[C@@H](c3ccccc3I)C2)N=5)NC(=O)/C(C)=C\C=C\[C@H](C)[C@H](O)[C@@H](C)[C@@H](O)[C@@H](C)[C@H](OC(C)=O)[C@@H]1C. The number of anilines is 1. The van der Waals surface area contributed by atoms with Gasteiger partial charge in [-0.25, -0.2) is 0 Å². The van der Waals surface area contributed by atoms with Crippen LogP contribution in [-0.4, -0.2) is 81.1 Å². The van der Waals surface area contributed by atoms with E-state index in [4.69, 9.17) is 28.9 Å². The molecule has 4 aliphatic heterocycles. The molecule has 0 aliphatic carbocycles. The smallest absolute Gasteiger partial charge is 0.312 e.